The SMILES string of the molecule is C[C@]12CC[C@H]3[C@@H](CC=C4CC(=O)CC[C@@]43CCN)[C@@H]1CCC2=O. The molecular formula is C20H29NO2. The van der Waals surface area contributed by atoms with E-state index in [2.05, 4.69) is 13.0 Å². The van der Waals surface area contributed by atoms with Crippen molar-refractivity contribution in [3.63, 3.8) is 0 Å². The van der Waals surface area contributed by atoms with Crippen LogP contribution in [0.5, 0.6) is 0 Å². The van der Waals surface area contributed by atoms with E-state index in [0.717, 1.165) is 51.4 Å². The van der Waals surface area contributed by atoms with Gasteiger partial charge in [0.15, 0.2) is 0 Å². The summed E-state index contributed by atoms with van der Waals surface area (Å²) in [5, 5.41) is 0. The Morgan fingerprint density at radius 2 is 2.00 bits per heavy atom. The predicted molar refractivity (Wildman–Crippen MR) is 89.7 cm³/mol. The maximum atomic E-state index is 12.5. The first-order valence-corrected chi connectivity index (χ1v) is 9.46. The van der Waals surface area contributed by atoms with Crippen LogP contribution in [0, 0.1) is 28.6 Å². The Balaban J connectivity index is 1.73. The minimum Gasteiger partial charge on any atom is -0.330 e. The molecule has 0 aromatic rings. The normalized spacial score (nSPS) is 46.0. The lowest BCUT2D eigenvalue weighted by Gasteiger charge is -2.57. The van der Waals surface area contributed by atoms with Crippen molar-refractivity contribution in [2.45, 2.75) is 64.7 Å². The maximum absolute atomic E-state index is 12.5. The lowest BCUT2D eigenvalue weighted by atomic mass is 9.47. The van der Waals surface area contributed by atoms with Crippen molar-refractivity contribution in [3.05, 3.63) is 11.6 Å². The molecule has 0 aromatic heterocycles. The highest BCUT2D eigenvalue weighted by Crippen LogP contribution is 2.64. The van der Waals surface area contributed by atoms with E-state index >= 15 is 0 Å². The Morgan fingerprint density at radius 3 is 2.78 bits per heavy atom. The van der Waals surface area contributed by atoms with Crippen LogP contribution in [0.15, 0.2) is 11.6 Å². The summed E-state index contributed by atoms with van der Waals surface area (Å²) in [6, 6.07) is 0. The number of Topliss-reactive ketones (excluding diaryl/α,β-unsaturated/α-hetero) is 2. The van der Waals surface area contributed by atoms with E-state index in [1.54, 1.807) is 0 Å². The molecule has 3 heteroatoms. The lowest BCUT2D eigenvalue weighted by molar-refractivity contribution is -0.132. The van der Waals surface area contributed by atoms with Crippen molar-refractivity contribution >= 4 is 11.6 Å². The zero-order chi connectivity index (χ0) is 16.2. The second-order valence-corrected chi connectivity index (χ2v) is 8.67. The summed E-state index contributed by atoms with van der Waals surface area (Å²) in [6.45, 7) is 2.93. The molecule has 4 rings (SSSR count). The van der Waals surface area contributed by atoms with Gasteiger partial charge < -0.3 is 5.73 Å². The number of hydrogen-bond acceptors (Lipinski definition) is 3. The largest absolute Gasteiger partial charge is 0.330 e. The van der Waals surface area contributed by atoms with Crippen LogP contribution in [0.2, 0.25) is 0 Å². The highest BCUT2D eigenvalue weighted by Gasteiger charge is 2.59. The number of hydrogen-bond donors (Lipinski definition) is 1. The van der Waals surface area contributed by atoms with Gasteiger partial charge in [-0.15, -0.1) is 0 Å². The third-order valence-corrected chi connectivity index (χ3v) is 7.96. The Hall–Kier alpha value is -0.960. The van der Waals surface area contributed by atoms with Crippen LogP contribution in [0.1, 0.15) is 64.7 Å². The molecule has 0 amide bonds. The summed E-state index contributed by atoms with van der Waals surface area (Å²) in [5.74, 6) is 2.73. The third-order valence-electron chi connectivity index (χ3n) is 7.96. The van der Waals surface area contributed by atoms with E-state index in [9.17, 15) is 9.59 Å². The number of carbonyl (C=O) groups is 2. The lowest BCUT2D eigenvalue weighted by Crippen LogP contribution is -2.51. The van der Waals surface area contributed by atoms with Crippen LogP contribution in [0.3, 0.4) is 0 Å². The van der Waals surface area contributed by atoms with Gasteiger partial charge in [-0.1, -0.05) is 18.6 Å². The van der Waals surface area contributed by atoms with Crippen LogP contribution >= 0.6 is 0 Å². The Bertz CT molecular complexity index is 580. The molecule has 5 atom stereocenters. The maximum Gasteiger partial charge on any atom is 0.139 e. The molecule has 0 unspecified atom stereocenters. The number of rotatable bonds is 2. The first-order valence-electron chi connectivity index (χ1n) is 9.46. The molecule has 3 fully saturated rings. The van der Waals surface area contributed by atoms with Gasteiger partial charge in [-0.05, 0) is 68.2 Å². The molecule has 126 valence electrons. The van der Waals surface area contributed by atoms with Gasteiger partial charge in [0, 0.05) is 24.7 Å². The van der Waals surface area contributed by atoms with Crippen molar-refractivity contribution in [1.82, 2.24) is 0 Å². The minimum absolute atomic E-state index is 0.0686. The van der Waals surface area contributed by atoms with Crippen molar-refractivity contribution in [2.24, 2.45) is 34.3 Å². The van der Waals surface area contributed by atoms with E-state index < -0.39 is 0 Å². The fourth-order valence-corrected chi connectivity index (χ4v) is 6.78. The van der Waals surface area contributed by atoms with Crippen LogP contribution in [-0.2, 0) is 9.59 Å². The molecule has 2 N–H and O–H groups in total. The molecule has 0 saturated heterocycles. The average molecular weight is 315 g/mol. The Morgan fingerprint density at radius 1 is 1.17 bits per heavy atom. The van der Waals surface area contributed by atoms with E-state index in [1.807, 2.05) is 0 Å². The first-order chi connectivity index (χ1) is 11.0. The summed E-state index contributed by atoms with van der Waals surface area (Å²) in [7, 11) is 0. The van der Waals surface area contributed by atoms with Crippen molar-refractivity contribution < 1.29 is 9.59 Å². The molecule has 0 radical (unpaired) electrons. The number of nitrogens with two attached hydrogens (primary N) is 1. The van der Waals surface area contributed by atoms with Gasteiger partial charge in [-0.25, -0.2) is 0 Å². The zero-order valence-corrected chi connectivity index (χ0v) is 14.3. The van der Waals surface area contributed by atoms with E-state index in [-0.39, 0.29) is 10.8 Å². The average Bonchev–Trinajstić information content (AvgIpc) is 2.84. The van der Waals surface area contributed by atoms with Crippen molar-refractivity contribution in [3.8, 4) is 0 Å². The summed E-state index contributed by atoms with van der Waals surface area (Å²) in [4.78, 5) is 24.4. The molecule has 23 heavy (non-hydrogen) atoms. The third kappa shape index (κ3) is 2.05. The molecule has 3 saturated carbocycles. The smallest absolute Gasteiger partial charge is 0.139 e. The number of ketones is 2. The summed E-state index contributed by atoms with van der Waals surface area (Å²) in [5.41, 5.74) is 7.50. The van der Waals surface area contributed by atoms with Gasteiger partial charge in [0.05, 0.1) is 0 Å². The second-order valence-electron chi connectivity index (χ2n) is 8.67. The van der Waals surface area contributed by atoms with Gasteiger partial charge in [0.25, 0.3) is 0 Å². The predicted octanol–water partition coefficient (Wildman–Crippen LogP) is 3.42. The van der Waals surface area contributed by atoms with Crippen LogP contribution in [-0.4, -0.2) is 18.1 Å². The van der Waals surface area contributed by atoms with Crippen LogP contribution in [0.25, 0.3) is 0 Å². The quantitative estimate of drug-likeness (QED) is 0.794. The summed E-state index contributed by atoms with van der Waals surface area (Å²) in [6.07, 6.45) is 10.9. The fraction of sp³-hybridized carbons (Fsp3) is 0.800. The van der Waals surface area contributed by atoms with Crippen molar-refractivity contribution in [2.75, 3.05) is 6.54 Å². The standard InChI is InChI=1S/C20H29NO2/c1-19-8-7-17-15(16(19)4-5-18(19)23)3-2-13-12-14(22)6-9-20(13,17)10-11-21/h2,15-17H,3-12,21H2,1H3/t15-,16-,17-,19-,20+/m0/s1. The molecule has 4 aliphatic rings. The zero-order valence-electron chi connectivity index (χ0n) is 14.3. The topological polar surface area (TPSA) is 60.2 Å². The molecular weight excluding hydrogens is 286 g/mol. The number of allylic oxidation sites excluding steroid dienone is 2. The summed E-state index contributed by atoms with van der Waals surface area (Å²) >= 11 is 0. The highest BCUT2D eigenvalue weighted by molar-refractivity contribution is 5.87. The molecule has 0 bridgehead atoms. The number of carbonyl (C=O) groups excluding carboxylic acids is 2. The van der Waals surface area contributed by atoms with E-state index in [1.165, 1.54) is 5.57 Å². The van der Waals surface area contributed by atoms with E-state index in [4.69, 9.17) is 5.73 Å². The monoisotopic (exact) mass is 315 g/mol. The molecule has 0 aromatic carbocycles. The summed E-state index contributed by atoms with van der Waals surface area (Å²) < 4.78 is 0. The molecule has 0 aliphatic heterocycles. The molecule has 4 aliphatic carbocycles. The molecule has 3 nitrogen and oxygen atoms in total. The Labute approximate surface area is 139 Å². The van der Waals surface area contributed by atoms with Crippen LogP contribution in [0.4, 0.5) is 0 Å². The molecule has 0 spiro atoms. The van der Waals surface area contributed by atoms with Gasteiger partial charge in [-0.2, -0.15) is 0 Å². The fourth-order valence-electron chi connectivity index (χ4n) is 6.78. The number of fused-ring (bicyclic) bond motifs is 5. The Kier molecular flexibility index (Phi) is 3.57. The van der Waals surface area contributed by atoms with Gasteiger partial charge >= 0.3 is 0 Å². The van der Waals surface area contributed by atoms with Crippen molar-refractivity contribution in [1.29, 1.82) is 0 Å². The van der Waals surface area contributed by atoms with E-state index in [0.29, 0.717) is 42.3 Å². The second kappa shape index (κ2) is 5.27. The van der Waals surface area contributed by atoms with Gasteiger partial charge in [0.2, 0.25) is 0 Å². The first kappa shape index (κ1) is 15.6. The van der Waals surface area contributed by atoms with Gasteiger partial charge in [0.1, 0.15) is 11.6 Å². The molecule has 0 heterocycles. The highest BCUT2D eigenvalue weighted by atomic mass is 16.1. The van der Waals surface area contributed by atoms with Gasteiger partial charge in [-0.3, -0.25) is 9.59 Å². The van der Waals surface area contributed by atoms with Crippen LogP contribution < -0.4 is 5.73 Å². The minimum atomic E-state index is -0.0686.